The molecule has 0 saturated heterocycles. The molecule has 1 saturated carbocycles. The highest BCUT2D eigenvalue weighted by Gasteiger charge is 2.25. The summed E-state index contributed by atoms with van der Waals surface area (Å²) in [6.45, 7) is 4.59. The van der Waals surface area contributed by atoms with E-state index in [2.05, 4.69) is 10.6 Å². The Labute approximate surface area is 92.0 Å². The van der Waals surface area contributed by atoms with Gasteiger partial charge >= 0.3 is 6.03 Å². The fourth-order valence-electron chi connectivity index (χ4n) is 2.15. The number of carbonyl (C=O) groups excluding carboxylic acids is 1. The van der Waals surface area contributed by atoms with E-state index < -0.39 is 0 Å². The molecule has 0 spiro atoms. The van der Waals surface area contributed by atoms with Gasteiger partial charge in [0.2, 0.25) is 0 Å². The largest absolute Gasteiger partial charge is 0.336 e. The molecule has 0 aromatic heterocycles. The smallest absolute Gasteiger partial charge is 0.315 e. The van der Waals surface area contributed by atoms with Crippen LogP contribution in [0.3, 0.4) is 0 Å². The van der Waals surface area contributed by atoms with Crippen LogP contribution in [0.2, 0.25) is 0 Å². The molecular formula is C11H23N3O. The Morgan fingerprint density at radius 3 is 2.67 bits per heavy atom. The van der Waals surface area contributed by atoms with Gasteiger partial charge < -0.3 is 16.4 Å². The van der Waals surface area contributed by atoms with Gasteiger partial charge in [0.05, 0.1) is 0 Å². The maximum absolute atomic E-state index is 11.5. The van der Waals surface area contributed by atoms with Gasteiger partial charge in [-0.3, -0.25) is 0 Å². The summed E-state index contributed by atoms with van der Waals surface area (Å²) >= 11 is 0. The SMILES string of the molecule is CC(C)NC(=O)NC1CCCCC1CN. The Balaban J connectivity index is 2.37. The number of carbonyl (C=O) groups is 1. The van der Waals surface area contributed by atoms with Crippen LogP contribution in [-0.4, -0.2) is 24.7 Å². The summed E-state index contributed by atoms with van der Waals surface area (Å²) in [5.41, 5.74) is 5.70. The first-order chi connectivity index (χ1) is 7.13. The highest BCUT2D eigenvalue weighted by atomic mass is 16.2. The fourth-order valence-corrected chi connectivity index (χ4v) is 2.15. The molecule has 1 aliphatic rings. The van der Waals surface area contributed by atoms with E-state index in [0.29, 0.717) is 12.5 Å². The van der Waals surface area contributed by atoms with Crippen LogP contribution in [0, 0.1) is 5.92 Å². The van der Waals surface area contributed by atoms with E-state index in [-0.39, 0.29) is 18.1 Å². The van der Waals surface area contributed by atoms with E-state index >= 15 is 0 Å². The molecule has 0 radical (unpaired) electrons. The zero-order valence-electron chi connectivity index (χ0n) is 9.75. The molecular weight excluding hydrogens is 190 g/mol. The first-order valence-corrected chi connectivity index (χ1v) is 5.90. The first kappa shape index (κ1) is 12.3. The number of nitrogens with one attached hydrogen (secondary N) is 2. The average Bonchev–Trinajstić information content (AvgIpc) is 2.17. The van der Waals surface area contributed by atoms with Gasteiger partial charge in [0, 0.05) is 12.1 Å². The summed E-state index contributed by atoms with van der Waals surface area (Å²) in [6, 6.07) is 0.391. The quantitative estimate of drug-likeness (QED) is 0.659. The lowest BCUT2D eigenvalue weighted by Crippen LogP contribution is -2.49. The maximum Gasteiger partial charge on any atom is 0.315 e. The minimum absolute atomic E-state index is 0.0599. The standard InChI is InChI=1S/C11H23N3O/c1-8(2)13-11(15)14-10-6-4-3-5-9(10)7-12/h8-10H,3-7,12H2,1-2H3,(H2,13,14,15). The lowest BCUT2D eigenvalue weighted by molar-refractivity contribution is 0.217. The topological polar surface area (TPSA) is 67.2 Å². The Bertz CT molecular complexity index is 206. The number of hydrogen-bond donors (Lipinski definition) is 3. The first-order valence-electron chi connectivity index (χ1n) is 5.90. The lowest BCUT2D eigenvalue weighted by atomic mass is 9.84. The fraction of sp³-hybridized carbons (Fsp3) is 0.909. The van der Waals surface area contributed by atoms with Crippen molar-refractivity contribution >= 4 is 6.03 Å². The molecule has 88 valence electrons. The van der Waals surface area contributed by atoms with Crippen LogP contribution in [0.25, 0.3) is 0 Å². The van der Waals surface area contributed by atoms with E-state index in [1.807, 2.05) is 13.8 Å². The van der Waals surface area contributed by atoms with E-state index in [1.54, 1.807) is 0 Å². The summed E-state index contributed by atoms with van der Waals surface area (Å²) in [5, 5.41) is 5.86. The summed E-state index contributed by atoms with van der Waals surface area (Å²) in [5.74, 6) is 0.455. The van der Waals surface area contributed by atoms with Gasteiger partial charge in [0.25, 0.3) is 0 Å². The Morgan fingerprint density at radius 2 is 2.07 bits per heavy atom. The van der Waals surface area contributed by atoms with E-state index in [4.69, 9.17) is 5.73 Å². The molecule has 2 unspecified atom stereocenters. The normalized spacial score (nSPS) is 26.4. The number of rotatable bonds is 3. The second-order valence-corrected chi connectivity index (χ2v) is 4.66. The molecule has 2 atom stereocenters. The average molecular weight is 213 g/mol. The lowest BCUT2D eigenvalue weighted by Gasteiger charge is -2.31. The number of urea groups is 1. The van der Waals surface area contributed by atoms with E-state index in [9.17, 15) is 4.79 Å². The predicted octanol–water partition coefficient (Wildman–Crippen LogP) is 1.21. The third-order valence-electron chi connectivity index (χ3n) is 2.95. The minimum Gasteiger partial charge on any atom is -0.336 e. The van der Waals surface area contributed by atoms with Crippen molar-refractivity contribution in [3.05, 3.63) is 0 Å². The van der Waals surface area contributed by atoms with E-state index in [0.717, 1.165) is 12.8 Å². The molecule has 4 nitrogen and oxygen atoms in total. The van der Waals surface area contributed by atoms with Crippen LogP contribution in [-0.2, 0) is 0 Å². The van der Waals surface area contributed by atoms with Gasteiger partial charge in [-0.25, -0.2) is 4.79 Å². The molecule has 0 aromatic rings. The van der Waals surface area contributed by atoms with Crippen molar-refractivity contribution in [1.82, 2.24) is 10.6 Å². The molecule has 2 amide bonds. The van der Waals surface area contributed by atoms with Gasteiger partial charge in [-0.2, -0.15) is 0 Å². The van der Waals surface area contributed by atoms with Crippen molar-refractivity contribution in [3.8, 4) is 0 Å². The monoisotopic (exact) mass is 213 g/mol. The molecule has 15 heavy (non-hydrogen) atoms. The van der Waals surface area contributed by atoms with Crippen LogP contribution >= 0.6 is 0 Å². The van der Waals surface area contributed by atoms with Gasteiger partial charge in [0.15, 0.2) is 0 Å². The summed E-state index contributed by atoms with van der Waals surface area (Å²) in [7, 11) is 0. The molecule has 0 bridgehead atoms. The number of hydrogen-bond acceptors (Lipinski definition) is 2. The van der Waals surface area contributed by atoms with Crippen LogP contribution in [0.15, 0.2) is 0 Å². The van der Waals surface area contributed by atoms with Crippen LogP contribution in [0.1, 0.15) is 39.5 Å². The molecule has 4 heteroatoms. The molecule has 1 fully saturated rings. The van der Waals surface area contributed by atoms with Crippen molar-refractivity contribution in [3.63, 3.8) is 0 Å². The zero-order valence-corrected chi connectivity index (χ0v) is 9.75. The molecule has 4 N–H and O–H groups in total. The second-order valence-electron chi connectivity index (χ2n) is 4.66. The van der Waals surface area contributed by atoms with Crippen molar-refractivity contribution in [2.24, 2.45) is 11.7 Å². The summed E-state index contributed by atoms with van der Waals surface area (Å²) < 4.78 is 0. The molecule has 1 aliphatic carbocycles. The van der Waals surface area contributed by atoms with Crippen LogP contribution < -0.4 is 16.4 Å². The Kier molecular flexibility index (Phi) is 4.88. The predicted molar refractivity (Wildman–Crippen MR) is 61.6 cm³/mol. The highest BCUT2D eigenvalue weighted by molar-refractivity contribution is 5.74. The molecule has 0 aliphatic heterocycles. The Hall–Kier alpha value is -0.770. The Morgan fingerprint density at radius 1 is 1.40 bits per heavy atom. The van der Waals surface area contributed by atoms with Crippen molar-refractivity contribution in [1.29, 1.82) is 0 Å². The third-order valence-corrected chi connectivity index (χ3v) is 2.95. The number of amides is 2. The molecule has 0 aromatic carbocycles. The van der Waals surface area contributed by atoms with Crippen molar-refractivity contribution in [2.75, 3.05) is 6.54 Å². The van der Waals surface area contributed by atoms with Crippen molar-refractivity contribution in [2.45, 2.75) is 51.6 Å². The summed E-state index contributed by atoms with van der Waals surface area (Å²) in [4.78, 5) is 11.5. The van der Waals surface area contributed by atoms with Gasteiger partial charge in [-0.05, 0) is 39.2 Å². The number of nitrogens with two attached hydrogens (primary N) is 1. The van der Waals surface area contributed by atoms with Crippen molar-refractivity contribution < 1.29 is 4.79 Å². The third kappa shape index (κ3) is 4.08. The zero-order chi connectivity index (χ0) is 11.3. The maximum atomic E-state index is 11.5. The van der Waals surface area contributed by atoms with Gasteiger partial charge in [-0.15, -0.1) is 0 Å². The highest BCUT2D eigenvalue weighted by Crippen LogP contribution is 2.23. The van der Waals surface area contributed by atoms with Gasteiger partial charge in [-0.1, -0.05) is 12.8 Å². The minimum atomic E-state index is -0.0599. The molecule has 0 heterocycles. The second kappa shape index (κ2) is 5.95. The van der Waals surface area contributed by atoms with E-state index in [1.165, 1.54) is 12.8 Å². The van der Waals surface area contributed by atoms with Gasteiger partial charge in [0.1, 0.15) is 0 Å². The van der Waals surface area contributed by atoms with Crippen LogP contribution in [0.4, 0.5) is 4.79 Å². The summed E-state index contributed by atoms with van der Waals surface area (Å²) in [6.07, 6.45) is 4.64. The molecule has 1 rings (SSSR count). The van der Waals surface area contributed by atoms with Crippen LogP contribution in [0.5, 0.6) is 0 Å².